The van der Waals surface area contributed by atoms with Gasteiger partial charge in [-0.25, -0.2) is 17.8 Å². The number of sulfonamides is 1. The number of hydrogen-bond acceptors (Lipinski definition) is 7. The van der Waals surface area contributed by atoms with E-state index in [1.54, 1.807) is 0 Å². The Bertz CT molecular complexity index is 673. The van der Waals surface area contributed by atoms with Crippen LogP contribution in [-0.4, -0.2) is 50.6 Å². The zero-order valence-corrected chi connectivity index (χ0v) is 13.0. The Hall–Kier alpha value is -1.65. The largest absolute Gasteiger partial charge is 0.468 e. The Morgan fingerprint density at radius 2 is 2.19 bits per heavy atom. The van der Waals surface area contributed by atoms with E-state index in [4.69, 9.17) is 11.6 Å². The molecule has 1 rings (SSSR count). The number of methoxy groups -OCH3 is 1. The van der Waals surface area contributed by atoms with E-state index in [0.29, 0.717) is 0 Å². The Morgan fingerprint density at radius 3 is 2.76 bits per heavy atom. The number of nitrogens with one attached hydrogen (secondary N) is 2. The molecule has 1 aromatic rings. The second-order valence-corrected chi connectivity index (χ2v) is 6.28. The molecule has 0 aliphatic rings. The van der Waals surface area contributed by atoms with Crippen molar-refractivity contribution in [3.05, 3.63) is 21.6 Å². The highest BCUT2D eigenvalue weighted by Crippen LogP contribution is 2.14. The topological polar surface area (TPSA) is 119 Å². The van der Waals surface area contributed by atoms with E-state index in [1.165, 1.54) is 20.4 Å². The summed E-state index contributed by atoms with van der Waals surface area (Å²) in [6, 6.07) is 0. The predicted octanol–water partition coefficient (Wildman–Crippen LogP) is -0.969. The van der Waals surface area contributed by atoms with Gasteiger partial charge in [0.05, 0.1) is 24.7 Å². The van der Waals surface area contributed by atoms with Gasteiger partial charge in [-0.2, -0.15) is 5.10 Å². The Kier molecular flexibility index (Phi) is 6.12. The van der Waals surface area contributed by atoms with Crippen molar-refractivity contribution in [2.45, 2.75) is 6.54 Å². The Balaban J connectivity index is 2.81. The summed E-state index contributed by atoms with van der Waals surface area (Å²) in [6.07, 6.45) is 1.23. The van der Waals surface area contributed by atoms with Crippen molar-refractivity contribution in [2.75, 3.05) is 31.8 Å². The first kappa shape index (κ1) is 17.4. The normalized spacial score (nSPS) is 11.2. The number of esters is 1. The third-order valence-electron chi connectivity index (χ3n) is 2.49. The molecule has 118 valence electrons. The number of rotatable bonds is 7. The third kappa shape index (κ3) is 4.99. The van der Waals surface area contributed by atoms with Gasteiger partial charge in [-0.15, -0.1) is 0 Å². The third-order valence-corrected chi connectivity index (χ3v) is 4.22. The van der Waals surface area contributed by atoms with E-state index >= 15 is 0 Å². The SMILES string of the molecule is CNS(=O)(=O)CCNc1cnn(CC(=O)OC)c(=O)c1Cl. The van der Waals surface area contributed by atoms with Crippen LogP contribution in [0, 0.1) is 0 Å². The molecule has 0 aromatic carbocycles. The van der Waals surface area contributed by atoms with Crippen LogP contribution in [-0.2, 0) is 26.1 Å². The summed E-state index contributed by atoms with van der Waals surface area (Å²) in [5.41, 5.74) is -0.488. The molecule has 1 heterocycles. The average molecular weight is 339 g/mol. The number of nitrogens with zero attached hydrogens (tertiary/aromatic N) is 2. The summed E-state index contributed by atoms with van der Waals surface area (Å²) in [5.74, 6) is -0.827. The molecular weight excluding hydrogens is 324 g/mol. The number of hydrogen-bond donors (Lipinski definition) is 2. The molecule has 0 fully saturated rings. The predicted molar refractivity (Wildman–Crippen MR) is 76.9 cm³/mol. The summed E-state index contributed by atoms with van der Waals surface area (Å²) < 4.78 is 29.9. The van der Waals surface area contributed by atoms with Gasteiger partial charge in [0.2, 0.25) is 10.0 Å². The lowest BCUT2D eigenvalue weighted by Crippen LogP contribution is -2.29. The summed E-state index contributed by atoms with van der Waals surface area (Å²) in [6.45, 7) is -0.311. The molecule has 0 amide bonds. The van der Waals surface area contributed by atoms with Crippen LogP contribution >= 0.6 is 11.6 Å². The van der Waals surface area contributed by atoms with Crippen LogP contribution in [0.3, 0.4) is 0 Å². The fourth-order valence-corrected chi connectivity index (χ4v) is 2.10. The lowest BCUT2D eigenvalue weighted by molar-refractivity contribution is -0.141. The van der Waals surface area contributed by atoms with E-state index in [9.17, 15) is 18.0 Å². The van der Waals surface area contributed by atoms with E-state index in [0.717, 1.165) is 4.68 Å². The van der Waals surface area contributed by atoms with E-state index in [-0.39, 0.29) is 29.6 Å². The van der Waals surface area contributed by atoms with Gasteiger partial charge in [0.1, 0.15) is 11.6 Å². The van der Waals surface area contributed by atoms with E-state index in [1.807, 2.05) is 0 Å². The average Bonchev–Trinajstić information content (AvgIpc) is 2.46. The molecule has 0 aliphatic carbocycles. The highest BCUT2D eigenvalue weighted by atomic mass is 35.5. The zero-order chi connectivity index (χ0) is 16.0. The number of ether oxygens (including phenoxy) is 1. The molecule has 1 aromatic heterocycles. The fraction of sp³-hybridized carbons (Fsp3) is 0.500. The van der Waals surface area contributed by atoms with Gasteiger partial charge < -0.3 is 10.1 Å². The highest BCUT2D eigenvalue weighted by molar-refractivity contribution is 7.89. The monoisotopic (exact) mass is 338 g/mol. The quantitative estimate of drug-likeness (QED) is 0.614. The van der Waals surface area contributed by atoms with Crippen molar-refractivity contribution in [3.8, 4) is 0 Å². The first-order valence-corrected chi connectivity index (χ1v) is 7.81. The van der Waals surface area contributed by atoms with Crippen molar-refractivity contribution >= 4 is 33.3 Å². The molecule has 0 atom stereocenters. The molecule has 0 saturated carbocycles. The fourth-order valence-electron chi connectivity index (χ4n) is 1.31. The molecule has 0 unspecified atom stereocenters. The summed E-state index contributed by atoms with van der Waals surface area (Å²) in [7, 11) is -0.870. The first-order valence-electron chi connectivity index (χ1n) is 5.78. The number of halogens is 1. The van der Waals surface area contributed by atoms with Crippen LogP contribution in [0.1, 0.15) is 0 Å². The molecule has 9 nitrogen and oxygen atoms in total. The van der Waals surface area contributed by atoms with Crippen molar-refractivity contribution in [3.63, 3.8) is 0 Å². The van der Waals surface area contributed by atoms with E-state index in [2.05, 4.69) is 19.9 Å². The van der Waals surface area contributed by atoms with Crippen molar-refractivity contribution in [1.29, 1.82) is 0 Å². The number of aromatic nitrogens is 2. The van der Waals surface area contributed by atoms with Crippen LogP contribution in [0.25, 0.3) is 0 Å². The van der Waals surface area contributed by atoms with Crippen LogP contribution in [0.4, 0.5) is 5.69 Å². The second-order valence-electron chi connectivity index (χ2n) is 3.86. The van der Waals surface area contributed by atoms with Crippen LogP contribution in [0.2, 0.25) is 5.02 Å². The summed E-state index contributed by atoms with van der Waals surface area (Å²) in [4.78, 5) is 22.9. The molecular formula is C10H15ClN4O5S. The second kappa shape index (κ2) is 7.38. The van der Waals surface area contributed by atoms with Gasteiger partial charge >= 0.3 is 5.97 Å². The molecule has 2 N–H and O–H groups in total. The van der Waals surface area contributed by atoms with Crippen LogP contribution in [0.5, 0.6) is 0 Å². The standard InChI is InChI=1S/C10H15ClN4O5S/c1-12-21(18,19)4-3-13-7-5-14-15(6-8(16)20-2)10(17)9(7)11/h5,12-13H,3-4,6H2,1-2H3. The molecule has 0 aliphatic heterocycles. The minimum absolute atomic E-state index is 0.0467. The molecule has 21 heavy (non-hydrogen) atoms. The Morgan fingerprint density at radius 1 is 1.52 bits per heavy atom. The maximum Gasteiger partial charge on any atom is 0.327 e. The van der Waals surface area contributed by atoms with Gasteiger partial charge in [-0.05, 0) is 7.05 Å². The van der Waals surface area contributed by atoms with Crippen molar-refractivity contribution < 1.29 is 17.9 Å². The van der Waals surface area contributed by atoms with Gasteiger partial charge in [0.25, 0.3) is 5.56 Å². The number of carbonyl (C=O) groups is 1. The first-order chi connectivity index (χ1) is 9.80. The van der Waals surface area contributed by atoms with Crippen molar-refractivity contribution in [2.24, 2.45) is 0 Å². The smallest absolute Gasteiger partial charge is 0.327 e. The Labute approximate surface area is 126 Å². The minimum Gasteiger partial charge on any atom is -0.468 e. The molecule has 0 spiro atoms. The summed E-state index contributed by atoms with van der Waals surface area (Å²) >= 11 is 5.86. The van der Waals surface area contributed by atoms with Gasteiger partial charge in [0, 0.05) is 6.54 Å². The lowest BCUT2D eigenvalue weighted by atomic mass is 10.4. The maximum absolute atomic E-state index is 11.8. The summed E-state index contributed by atoms with van der Waals surface area (Å²) in [5, 5.41) is 6.26. The number of anilines is 1. The van der Waals surface area contributed by atoms with Crippen LogP contribution in [0.15, 0.2) is 11.0 Å². The van der Waals surface area contributed by atoms with E-state index < -0.39 is 21.6 Å². The van der Waals surface area contributed by atoms with Gasteiger partial charge in [0.15, 0.2) is 0 Å². The molecule has 0 bridgehead atoms. The van der Waals surface area contributed by atoms with Gasteiger partial charge in [-0.1, -0.05) is 11.6 Å². The maximum atomic E-state index is 11.8. The number of carbonyl (C=O) groups excluding carboxylic acids is 1. The lowest BCUT2D eigenvalue weighted by Gasteiger charge is -2.09. The van der Waals surface area contributed by atoms with Crippen molar-refractivity contribution in [1.82, 2.24) is 14.5 Å². The molecule has 11 heteroatoms. The molecule has 0 saturated heterocycles. The highest BCUT2D eigenvalue weighted by Gasteiger charge is 2.13. The van der Waals surface area contributed by atoms with Gasteiger partial charge in [-0.3, -0.25) is 9.59 Å². The minimum atomic E-state index is -3.36. The zero-order valence-electron chi connectivity index (χ0n) is 11.4. The molecule has 0 radical (unpaired) electrons. The van der Waals surface area contributed by atoms with Crippen LogP contribution < -0.4 is 15.6 Å².